The average Bonchev–Trinajstić information content (AvgIpc) is 3.59. The molecule has 0 bridgehead atoms. The number of carbonyl (C=O) groups is 3. The van der Waals surface area contributed by atoms with Crippen molar-refractivity contribution in [2.75, 3.05) is 0 Å². The number of esters is 1. The van der Waals surface area contributed by atoms with Crippen LogP contribution in [0.5, 0.6) is 5.75 Å². The fraction of sp³-hybridized carbons (Fsp3) is 0.455. The van der Waals surface area contributed by atoms with Gasteiger partial charge in [0.1, 0.15) is 28.5 Å². The first kappa shape index (κ1) is 39.9. The van der Waals surface area contributed by atoms with Crippen LogP contribution in [-0.2, 0) is 46.3 Å². The fourth-order valence-corrected chi connectivity index (χ4v) is 6.19. The van der Waals surface area contributed by atoms with Crippen LogP contribution < -0.4 is 26.1 Å². The summed E-state index contributed by atoms with van der Waals surface area (Å²) < 4.78 is 62.6. The lowest BCUT2D eigenvalue weighted by Gasteiger charge is -2.25. The van der Waals surface area contributed by atoms with E-state index in [-0.39, 0.29) is 43.5 Å². The number of nitrogens with zero attached hydrogens (tertiary/aromatic N) is 4. The lowest BCUT2D eigenvalue weighted by Crippen LogP contribution is -2.48. The summed E-state index contributed by atoms with van der Waals surface area (Å²) in [7, 11) is 2.71. The molecule has 0 saturated heterocycles. The molecule has 4 rings (SSSR count). The Kier molecular flexibility index (Phi) is 11.8. The van der Waals surface area contributed by atoms with Crippen LogP contribution in [0.4, 0.5) is 18.0 Å². The number of rotatable bonds is 10. The molecular formula is C33H37ClF3N5O9S. The summed E-state index contributed by atoms with van der Waals surface area (Å²) >= 11 is 7.07. The third-order valence-corrected chi connectivity index (χ3v) is 9.02. The number of alkyl carbamates (subject to hydrolysis) is 1. The van der Waals surface area contributed by atoms with Crippen molar-refractivity contribution in [1.29, 1.82) is 0 Å². The maximum absolute atomic E-state index is 13.5. The van der Waals surface area contributed by atoms with Crippen molar-refractivity contribution < 1.29 is 46.2 Å². The number of hydrogen-bond acceptors (Lipinski definition) is 10. The van der Waals surface area contributed by atoms with Gasteiger partial charge in [0, 0.05) is 30.6 Å². The molecule has 0 spiro atoms. The molecule has 19 heteroatoms. The second-order valence-corrected chi connectivity index (χ2v) is 14.1. The lowest BCUT2D eigenvalue weighted by atomic mass is 9.99. The van der Waals surface area contributed by atoms with E-state index in [1.54, 1.807) is 27.7 Å². The third-order valence-electron chi connectivity index (χ3n) is 7.86. The number of ether oxygens (including phenoxy) is 3. The molecule has 0 saturated carbocycles. The Balaban J connectivity index is 1.75. The predicted octanol–water partition coefficient (Wildman–Crippen LogP) is 5.33. The number of carbonyl (C=O) groups excluding carboxylic acids is 3. The third kappa shape index (κ3) is 9.14. The topological polar surface area (TPSA) is 165 Å². The molecule has 0 aliphatic heterocycles. The van der Waals surface area contributed by atoms with Gasteiger partial charge in [-0.1, -0.05) is 31.9 Å². The van der Waals surface area contributed by atoms with Crippen LogP contribution in [0, 0.1) is 12.8 Å². The van der Waals surface area contributed by atoms with E-state index < -0.39 is 72.0 Å². The van der Waals surface area contributed by atoms with Crippen LogP contribution in [0.3, 0.4) is 0 Å². The van der Waals surface area contributed by atoms with Crippen LogP contribution in [0.2, 0.25) is 5.02 Å². The van der Waals surface area contributed by atoms with Crippen molar-refractivity contribution in [3.8, 4) is 17.0 Å². The van der Waals surface area contributed by atoms with Crippen molar-refractivity contribution in [2.24, 2.45) is 25.0 Å². The van der Waals surface area contributed by atoms with E-state index in [1.165, 1.54) is 43.1 Å². The summed E-state index contributed by atoms with van der Waals surface area (Å²) in [4.78, 5) is 69.1. The van der Waals surface area contributed by atoms with Crippen molar-refractivity contribution in [1.82, 2.24) is 19.0 Å². The predicted molar refractivity (Wildman–Crippen MR) is 184 cm³/mol. The molecule has 0 aliphatic rings. The Morgan fingerprint density at radius 1 is 1.12 bits per heavy atom. The quantitative estimate of drug-likeness (QED) is 0.210. The second-order valence-electron chi connectivity index (χ2n) is 12.8. The SMILES string of the molecule is CC[C@H](C)[C@H](NC(=O)OC(C)(C)C)C(=O)OCn1c(-c2ccc(OC(F)(F)F)c(Cl)c2)csc1=NC(=O)Cc1c(C)oc2c1c(=O)n(C)c(=O)n2C. The van der Waals surface area contributed by atoms with Gasteiger partial charge < -0.3 is 23.9 Å². The molecule has 3 aromatic heterocycles. The molecule has 2 atom stereocenters. The molecular weight excluding hydrogens is 735 g/mol. The molecule has 1 aromatic carbocycles. The van der Waals surface area contributed by atoms with Crippen LogP contribution in [0.25, 0.3) is 22.4 Å². The second kappa shape index (κ2) is 15.4. The van der Waals surface area contributed by atoms with Crippen LogP contribution in [0.15, 0.2) is 42.6 Å². The van der Waals surface area contributed by atoms with Crippen molar-refractivity contribution in [3.63, 3.8) is 0 Å². The van der Waals surface area contributed by atoms with E-state index >= 15 is 0 Å². The van der Waals surface area contributed by atoms with E-state index in [4.69, 9.17) is 25.5 Å². The number of amides is 2. The Labute approximate surface area is 303 Å². The van der Waals surface area contributed by atoms with Gasteiger partial charge in [-0.25, -0.2) is 14.4 Å². The van der Waals surface area contributed by atoms with Gasteiger partial charge in [-0.3, -0.25) is 23.3 Å². The first-order valence-electron chi connectivity index (χ1n) is 15.8. The summed E-state index contributed by atoms with van der Waals surface area (Å²) in [5.41, 5.74) is -1.42. The molecule has 0 fully saturated rings. The van der Waals surface area contributed by atoms with Gasteiger partial charge in [0.15, 0.2) is 11.5 Å². The first-order valence-corrected chi connectivity index (χ1v) is 17.0. The number of benzene rings is 1. The molecule has 4 aromatic rings. The number of aromatic nitrogens is 3. The molecule has 0 aliphatic carbocycles. The summed E-state index contributed by atoms with van der Waals surface area (Å²) in [5.74, 6) is -2.41. The molecule has 1 N–H and O–H groups in total. The number of hydrogen-bond donors (Lipinski definition) is 1. The minimum Gasteiger partial charge on any atom is -0.444 e. The Morgan fingerprint density at radius 3 is 2.38 bits per heavy atom. The highest BCUT2D eigenvalue weighted by molar-refractivity contribution is 7.07. The number of furan rings is 1. The lowest BCUT2D eigenvalue weighted by molar-refractivity contribution is -0.274. The standard InChI is InChI=1S/C33H37ClF3N5O9S/c1-9-16(2)25(39-30(46)51-32(4,5)6)28(45)48-15-42-21(18-10-11-22(20(34)12-18)50-33(35,36)37)14-52-29(42)38-23(43)13-19-17(3)49-27-24(19)26(44)40(7)31(47)41(27)8/h10-12,14,16,25H,9,13,15H2,1-8H3,(H,39,46)/t16-,25-/m0/s1. The van der Waals surface area contributed by atoms with Gasteiger partial charge in [-0.2, -0.15) is 4.99 Å². The minimum atomic E-state index is -4.99. The zero-order chi connectivity index (χ0) is 38.9. The van der Waals surface area contributed by atoms with Crippen molar-refractivity contribution in [2.45, 2.75) is 79.1 Å². The molecule has 3 heterocycles. The van der Waals surface area contributed by atoms with Gasteiger partial charge in [0.2, 0.25) is 5.71 Å². The number of aryl methyl sites for hydroxylation is 2. The smallest absolute Gasteiger partial charge is 0.444 e. The van der Waals surface area contributed by atoms with E-state index in [1.807, 2.05) is 6.92 Å². The zero-order valence-electron chi connectivity index (χ0n) is 29.5. The Hall–Kier alpha value is -4.84. The van der Waals surface area contributed by atoms with Gasteiger partial charge in [-0.15, -0.1) is 24.5 Å². The molecule has 2 amide bonds. The first-order chi connectivity index (χ1) is 24.1. The zero-order valence-corrected chi connectivity index (χ0v) is 31.0. The summed E-state index contributed by atoms with van der Waals surface area (Å²) in [6.45, 7) is 9.51. The van der Waals surface area contributed by atoms with Crippen molar-refractivity contribution >= 4 is 52.0 Å². The van der Waals surface area contributed by atoms with Gasteiger partial charge in [-0.05, 0) is 51.8 Å². The number of alkyl halides is 3. The summed E-state index contributed by atoms with van der Waals surface area (Å²) in [6, 6.07) is 2.35. The largest absolute Gasteiger partial charge is 0.573 e. The van der Waals surface area contributed by atoms with Gasteiger partial charge >= 0.3 is 24.1 Å². The highest BCUT2D eigenvalue weighted by Crippen LogP contribution is 2.34. The van der Waals surface area contributed by atoms with E-state index in [9.17, 15) is 37.1 Å². The molecule has 282 valence electrons. The van der Waals surface area contributed by atoms with Crippen LogP contribution in [-0.4, -0.2) is 49.7 Å². The summed E-state index contributed by atoms with van der Waals surface area (Å²) in [6.07, 6.45) is -5.77. The number of halogens is 4. The molecule has 0 radical (unpaired) electrons. The molecule has 14 nitrogen and oxygen atoms in total. The fourth-order valence-electron chi connectivity index (χ4n) is 5.06. The monoisotopic (exact) mass is 771 g/mol. The van der Waals surface area contributed by atoms with Crippen LogP contribution >= 0.6 is 22.9 Å². The van der Waals surface area contributed by atoms with Crippen LogP contribution in [0.1, 0.15) is 52.4 Å². The summed E-state index contributed by atoms with van der Waals surface area (Å²) in [5, 5.41) is 3.71. The Bertz CT molecular complexity index is 2210. The van der Waals surface area contributed by atoms with Gasteiger partial charge in [0.05, 0.1) is 17.1 Å². The Morgan fingerprint density at radius 2 is 1.79 bits per heavy atom. The number of nitrogens with one attached hydrogen (secondary N) is 1. The van der Waals surface area contributed by atoms with E-state index in [0.29, 0.717) is 6.42 Å². The maximum atomic E-state index is 13.5. The molecule has 52 heavy (non-hydrogen) atoms. The number of fused-ring (bicyclic) bond motifs is 1. The highest BCUT2D eigenvalue weighted by atomic mass is 35.5. The normalized spacial score (nSPS) is 13.6. The van der Waals surface area contributed by atoms with E-state index in [2.05, 4.69) is 15.0 Å². The average molecular weight is 772 g/mol. The highest BCUT2D eigenvalue weighted by Gasteiger charge is 2.33. The molecule has 0 unspecified atom stereocenters. The van der Waals surface area contributed by atoms with E-state index in [0.717, 1.165) is 26.5 Å². The minimum absolute atomic E-state index is 0.00508. The number of thiazole rings is 1. The maximum Gasteiger partial charge on any atom is 0.573 e. The van der Waals surface area contributed by atoms with Crippen molar-refractivity contribution in [3.05, 3.63) is 65.6 Å². The van der Waals surface area contributed by atoms with Gasteiger partial charge in [0.25, 0.3) is 11.5 Å².